The Morgan fingerprint density at radius 1 is 1.05 bits per heavy atom. The van der Waals surface area contributed by atoms with Crippen molar-refractivity contribution in [1.82, 2.24) is 10.2 Å². The molecule has 1 rings (SSSR count). The molecule has 0 radical (unpaired) electrons. The number of halogens is 1. The van der Waals surface area contributed by atoms with Crippen LogP contribution in [0.4, 0.5) is 10.1 Å². The number of likely N-dealkylation sites (N-methyl/N-ethyl adjacent to an activating group) is 1. The summed E-state index contributed by atoms with van der Waals surface area (Å²) in [4.78, 5) is 4.55. The lowest BCUT2D eigenvalue weighted by atomic mass is 10.1. The van der Waals surface area contributed by atoms with Gasteiger partial charge in [0.2, 0.25) is 0 Å². The van der Waals surface area contributed by atoms with Gasteiger partial charge in [-0.05, 0) is 57.2 Å². The van der Waals surface area contributed by atoms with Crippen LogP contribution in [0.15, 0.2) is 18.2 Å². The van der Waals surface area contributed by atoms with Gasteiger partial charge in [0.05, 0.1) is 0 Å². The molecule has 0 aliphatic rings. The highest BCUT2D eigenvalue weighted by molar-refractivity contribution is 5.54. The predicted molar refractivity (Wildman–Crippen MR) is 89.5 cm³/mol. The van der Waals surface area contributed by atoms with Crippen LogP contribution in [0.1, 0.15) is 32.3 Å². The summed E-state index contributed by atoms with van der Waals surface area (Å²) in [6, 6.07) is 5.15. The molecule has 0 atom stereocenters. The molecule has 0 bridgehead atoms. The molecule has 0 amide bonds. The zero-order valence-corrected chi connectivity index (χ0v) is 14.0. The van der Waals surface area contributed by atoms with Gasteiger partial charge in [0.15, 0.2) is 0 Å². The van der Waals surface area contributed by atoms with Gasteiger partial charge in [-0.1, -0.05) is 13.8 Å². The minimum absolute atomic E-state index is 0.156. The van der Waals surface area contributed by atoms with E-state index in [4.69, 9.17) is 0 Å². The lowest BCUT2D eigenvalue weighted by Gasteiger charge is -2.28. The highest BCUT2D eigenvalue weighted by Gasteiger charge is 2.12. The maximum atomic E-state index is 13.6. The van der Waals surface area contributed by atoms with Crippen molar-refractivity contribution < 1.29 is 4.39 Å². The van der Waals surface area contributed by atoms with E-state index in [2.05, 4.69) is 43.1 Å². The Morgan fingerprint density at radius 3 is 2.43 bits per heavy atom. The van der Waals surface area contributed by atoms with Crippen molar-refractivity contribution in [2.75, 3.05) is 45.2 Å². The van der Waals surface area contributed by atoms with E-state index in [9.17, 15) is 4.39 Å². The van der Waals surface area contributed by atoms with E-state index in [0.29, 0.717) is 0 Å². The standard InChI is InChI=1S/C17H30FN3/c1-5-9-19-14-15-13-16(18)7-8-17(15)21(10-6-2)12-11-20(3)4/h7-8,13,19H,5-6,9-12,14H2,1-4H3. The van der Waals surface area contributed by atoms with Gasteiger partial charge < -0.3 is 15.1 Å². The smallest absolute Gasteiger partial charge is 0.123 e. The Morgan fingerprint density at radius 2 is 1.81 bits per heavy atom. The van der Waals surface area contributed by atoms with Crippen molar-refractivity contribution in [2.24, 2.45) is 0 Å². The summed E-state index contributed by atoms with van der Waals surface area (Å²) in [5.74, 6) is -0.156. The first kappa shape index (κ1) is 17.9. The topological polar surface area (TPSA) is 18.5 Å². The number of nitrogens with one attached hydrogen (secondary N) is 1. The zero-order valence-electron chi connectivity index (χ0n) is 14.0. The molecular formula is C17H30FN3. The second-order valence-corrected chi connectivity index (χ2v) is 5.74. The molecule has 21 heavy (non-hydrogen) atoms. The molecule has 0 spiro atoms. The van der Waals surface area contributed by atoms with Gasteiger partial charge in [-0.25, -0.2) is 4.39 Å². The van der Waals surface area contributed by atoms with Crippen LogP contribution in [0.5, 0.6) is 0 Å². The van der Waals surface area contributed by atoms with Gasteiger partial charge in [0.1, 0.15) is 5.82 Å². The van der Waals surface area contributed by atoms with Crippen LogP contribution in [0.25, 0.3) is 0 Å². The normalized spacial score (nSPS) is 11.1. The van der Waals surface area contributed by atoms with Gasteiger partial charge in [0, 0.05) is 31.9 Å². The van der Waals surface area contributed by atoms with E-state index in [1.165, 1.54) is 0 Å². The SMILES string of the molecule is CCCNCc1cc(F)ccc1N(CCC)CCN(C)C. The van der Waals surface area contributed by atoms with Crippen LogP contribution < -0.4 is 10.2 Å². The van der Waals surface area contributed by atoms with E-state index < -0.39 is 0 Å². The molecule has 1 aromatic rings. The molecule has 0 aliphatic heterocycles. The van der Waals surface area contributed by atoms with E-state index in [1.54, 1.807) is 12.1 Å². The molecule has 0 saturated heterocycles. The third kappa shape index (κ3) is 6.44. The molecule has 120 valence electrons. The predicted octanol–water partition coefficient (Wildman–Crippen LogP) is 3.10. The molecular weight excluding hydrogens is 265 g/mol. The van der Waals surface area contributed by atoms with E-state index in [-0.39, 0.29) is 5.82 Å². The Hall–Kier alpha value is -1.13. The zero-order chi connectivity index (χ0) is 15.7. The van der Waals surface area contributed by atoms with Crippen molar-refractivity contribution in [1.29, 1.82) is 0 Å². The third-order valence-corrected chi connectivity index (χ3v) is 3.44. The Bertz CT molecular complexity index is 407. The third-order valence-electron chi connectivity index (χ3n) is 3.44. The minimum Gasteiger partial charge on any atom is -0.370 e. The van der Waals surface area contributed by atoms with Crippen molar-refractivity contribution >= 4 is 5.69 Å². The van der Waals surface area contributed by atoms with Crippen LogP contribution in [0.2, 0.25) is 0 Å². The highest BCUT2D eigenvalue weighted by Crippen LogP contribution is 2.22. The fourth-order valence-corrected chi connectivity index (χ4v) is 2.35. The average Bonchev–Trinajstić information content (AvgIpc) is 2.44. The molecule has 1 aromatic carbocycles. The van der Waals surface area contributed by atoms with Crippen molar-refractivity contribution in [3.8, 4) is 0 Å². The molecule has 4 heteroatoms. The van der Waals surface area contributed by atoms with Crippen LogP contribution in [0.3, 0.4) is 0 Å². The molecule has 0 aromatic heterocycles. The van der Waals surface area contributed by atoms with Crippen LogP contribution in [-0.4, -0.2) is 45.2 Å². The lowest BCUT2D eigenvalue weighted by Crippen LogP contribution is -2.33. The first-order valence-corrected chi connectivity index (χ1v) is 7.97. The Balaban J connectivity index is 2.88. The molecule has 0 unspecified atom stereocenters. The number of anilines is 1. The van der Waals surface area contributed by atoms with Crippen LogP contribution in [0, 0.1) is 5.82 Å². The fourth-order valence-electron chi connectivity index (χ4n) is 2.35. The first-order valence-electron chi connectivity index (χ1n) is 7.97. The van der Waals surface area contributed by atoms with Crippen molar-refractivity contribution in [2.45, 2.75) is 33.2 Å². The van der Waals surface area contributed by atoms with Gasteiger partial charge in [-0.15, -0.1) is 0 Å². The Kier molecular flexibility index (Phi) is 8.31. The Labute approximate surface area is 129 Å². The first-order chi connectivity index (χ1) is 10.1. The molecule has 3 nitrogen and oxygen atoms in total. The summed E-state index contributed by atoms with van der Waals surface area (Å²) >= 11 is 0. The van der Waals surface area contributed by atoms with Crippen molar-refractivity contribution in [3.05, 3.63) is 29.6 Å². The average molecular weight is 295 g/mol. The van der Waals surface area contributed by atoms with Gasteiger partial charge in [-0.3, -0.25) is 0 Å². The summed E-state index contributed by atoms with van der Waals surface area (Å²) in [5.41, 5.74) is 2.21. The molecule has 0 aliphatic carbocycles. The van der Waals surface area contributed by atoms with E-state index >= 15 is 0 Å². The van der Waals surface area contributed by atoms with Gasteiger partial charge >= 0.3 is 0 Å². The summed E-state index contributed by atoms with van der Waals surface area (Å²) < 4.78 is 13.6. The molecule has 0 heterocycles. The number of hydrogen-bond acceptors (Lipinski definition) is 3. The van der Waals surface area contributed by atoms with Gasteiger partial charge in [-0.2, -0.15) is 0 Å². The number of nitrogens with zero attached hydrogens (tertiary/aromatic N) is 2. The summed E-state index contributed by atoms with van der Waals surface area (Å²) in [7, 11) is 4.16. The largest absolute Gasteiger partial charge is 0.370 e. The number of benzene rings is 1. The molecule has 1 N–H and O–H groups in total. The minimum atomic E-state index is -0.156. The van der Waals surface area contributed by atoms with Crippen LogP contribution in [-0.2, 0) is 6.54 Å². The van der Waals surface area contributed by atoms with Crippen LogP contribution >= 0.6 is 0 Å². The molecule has 0 saturated carbocycles. The maximum absolute atomic E-state index is 13.6. The van der Waals surface area contributed by atoms with E-state index in [0.717, 1.165) is 56.8 Å². The highest BCUT2D eigenvalue weighted by atomic mass is 19.1. The molecule has 0 fully saturated rings. The van der Waals surface area contributed by atoms with E-state index in [1.807, 2.05) is 6.07 Å². The second kappa shape index (κ2) is 9.74. The summed E-state index contributed by atoms with van der Waals surface area (Å²) in [5, 5.41) is 3.38. The second-order valence-electron chi connectivity index (χ2n) is 5.74. The maximum Gasteiger partial charge on any atom is 0.123 e. The fraction of sp³-hybridized carbons (Fsp3) is 0.647. The lowest BCUT2D eigenvalue weighted by molar-refractivity contribution is 0.412. The summed E-state index contributed by atoms with van der Waals surface area (Å²) in [6.07, 6.45) is 2.18. The van der Waals surface area contributed by atoms with Gasteiger partial charge in [0.25, 0.3) is 0 Å². The number of hydrogen-bond donors (Lipinski definition) is 1. The monoisotopic (exact) mass is 295 g/mol. The number of rotatable bonds is 10. The van der Waals surface area contributed by atoms with Crippen molar-refractivity contribution in [3.63, 3.8) is 0 Å². The summed E-state index contributed by atoms with van der Waals surface area (Å²) in [6.45, 7) is 8.97. The quantitative estimate of drug-likeness (QED) is 0.669.